The monoisotopic (exact) mass is 375 g/mol. The van der Waals surface area contributed by atoms with Gasteiger partial charge in [0.05, 0.1) is 0 Å². The molecule has 2 amide bonds. The lowest BCUT2D eigenvalue weighted by Gasteiger charge is -2.25. The summed E-state index contributed by atoms with van der Waals surface area (Å²) in [6.07, 6.45) is 0.201. The molecule has 1 heterocycles. The molecule has 0 aliphatic carbocycles. The van der Waals surface area contributed by atoms with E-state index in [4.69, 9.17) is 11.5 Å². The minimum absolute atomic E-state index is 0. The highest BCUT2D eigenvalue weighted by Gasteiger charge is 2.48. The summed E-state index contributed by atoms with van der Waals surface area (Å²) < 4.78 is 0. The Morgan fingerprint density at radius 3 is 2.58 bits per heavy atom. The van der Waals surface area contributed by atoms with Crippen LogP contribution in [0.4, 0.5) is 5.69 Å². The van der Waals surface area contributed by atoms with Gasteiger partial charge in [0.2, 0.25) is 0 Å². The van der Waals surface area contributed by atoms with Gasteiger partial charge in [-0.15, -0.1) is 24.8 Å². The lowest BCUT2D eigenvalue weighted by atomic mass is 9.93. The van der Waals surface area contributed by atoms with Crippen LogP contribution >= 0.6 is 24.8 Å². The molecule has 0 aromatic heterocycles. The van der Waals surface area contributed by atoms with E-state index >= 15 is 0 Å². The minimum atomic E-state index is -1.47. The SMILES string of the molecule is CN=C(N)NCCNC(=O)C1(C(N)=O)Cc2c[c]ccc2N1.Cl.Cl. The van der Waals surface area contributed by atoms with Crippen LogP contribution < -0.4 is 27.4 Å². The number of nitrogens with one attached hydrogen (secondary N) is 3. The van der Waals surface area contributed by atoms with Gasteiger partial charge >= 0.3 is 0 Å². The number of aliphatic imine (C=N–C) groups is 1. The number of hydrogen-bond donors (Lipinski definition) is 5. The van der Waals surface area contributed by atoms with Gasteiger partial charge in [-0.2, -0.15) is 0 Å². The predicted molar refractivity (Wildman–Crippen MR) is 97.6 cm³/mol. The second-order valence-electron chi connectivity index (χ2n) is 4.95. The molecule has 1 aromatic rings. The molecule has 0 saturated carbocycles. The highest BCUT2D eigenvalue weighted by atomic mass is 35.5. The number of halogens is 2. The first-order valence-electron chi connectivity index (χ1n) is 6.81. The number of guanidine groups is 1. The molecule has 1 aliphatic rings. The molecule has 0 bridgehead atoms. The van der Waals surface area contributed by atoms with E-state index in [2.05, 4.69) is 27.0 Å². The maximum Gasteiger partial charge on any atom is 0.255 e. The van der Waals surface area contributed by atoms with Crippen LogP contribution in [0.2, 0.25) is 0 Å². The molecule has 10 heteroatoms. The van der Waals surface area contributed by atoms with Crippen molar-refractivity contribution in [2.45, 2.75) is 12.0 Å². The third kappa shape index (κ3) is 4.42. The lowest BCUT2D eigenvalue weighted by Crippen LogP contribution is -2.60. The summed E-state index contributed by atoms with van der Waals surface area (Å²) in [6, 6.07) is 8.12. The van der Waals surface area contributed by atoms with Crippen molar-refractivity contribution >= 4 is 48.3 Å². The Bertz CT molecular complexity index is 598. The number of amides is 2. The van der Waals surface area contributed by atoms with E-state index in [0.29, 0.717) is 12.2 Å². The molecule has 2 rings (SSSR count). The smallest absolute Gasteiger partial charge is 0.255 e. The van der Waals surface area contributed by atoms with Crippen LogP contribution in [-0.2, 0) is 16.0 Å². The minimum Gasteiger partial charge on any atom is -0.370 e. The van der Waals surface area contributed by atoms with Gasteiger partial charge in [-0.3, -0.25) is 14.6 Å². The molecule has 0 saturated heterocycles. The maximum absolute atomic E-state index is 12.4. The van der Waals surface area contributed by atoms with Gasteiger partial charge in [0, 0.05) is 32.2 Å². The molecule has 1 radical (unpaired) electrons. The maximum atomic E-state index is 12.4. The van der Waals surface area contributed by atoms with Crippen LogP contribution in [0.1, 0.15) is 5.56 Å². The number of nitrogens with two attached hydrogens (primary N) is 2. The summed E-state index contributed by atoms with van der Waals surface area (Å²) >= 11 is 0. The van der Waals surface area contributed by atoms with E-state index in [-0.39, 0.29) is 43.7 Å². The van der Waals surface area contributed by atoms with E-state index in [0.717, 1.165) is 5.56 Å². The predicted octanol–water partition coefficient (Wildman–Crippen LogP) is -0.827. The summed E-state index contributed by atoms with van der Waals surface area (Å²) in [5, 5.41) is 8.42. The standard InChI is InChI=1S/C14H19N6O2.2ClH/c1-17-13(16)19-7-6-18-12(22)14(11(15)21)8-9-4-2-3-5-10(9)20-14;;/h3-5,20H,6-8H2,1H3,(H2,15,21)(H,18,22)(H3,16,17,19);2*1H. The Morgan fingerprint density at radius 2 is 2.00 bits per heavy atom. The van der Waals surface area contributed by atoms with E-state index in [1.54, 1.807) is 25.2 Å². The fourth-order valence-electron chi connectivity index (χ4n) is 2.29. The molecular formula is C14H21Cl2N6O2. The highest BCUT2D eigenvalue weighted by Crippen LogP contribution is 2.32. The van der Waals surface area contributed by atoms with Crippen LogP contribution in [0.3, 0.4) is 0 Å². The second-order valence-corrected chi connectivity index (χ2v) is 4.95. The molecule has 1 aliphatic heterocycles. The van der Waals surface area contributed by atoms with Crippen molar-refractivity contribution in [1.29, 1.82) is 0 Å². The van der Waals surface area contributed by atoms with Crippen LogP contribution in [0, 0.1) is 6.07 Å². The Morgan fingerprint density at radius 1 is 1.33 bits per heavy atom. The summed E-state index contributed by atoms with van der Waals surface area (Å²) in [5.41, 5.74) is 11.0. The number of benzene rings is 1. The van der Waals surface area contributed by atoms with Crippen molar-refractivity contribution in [1.82, 2.24) is 10.6 Å². The van der Waals surface area contributed by atoms with Gasteiger partial charge in [-0.1, -0.05) is 6.07 Å². The number of carbonyl (C=O) groups is 2. The summed E-state index contributed by atoms with van der Waals surface area (Å²) in [6.45, 7) is 0.679. The molecule has 24 heavy (non-hydrogen) atoms. The molecule has 8 nitrogen and oxygen atoms in total. The van der Waals surface area contributed by atoms with Crippen LogP contribution in [0.25, 0.3) is 0 Å². The Labute approximate surface area is 152 Å². The third-order valence-corrected chi connectivity index (χ3v) is 3.52. The van der Waals surface area contributed by atoms with Gasteiger partial charge in [0.15, 0.2) is 11.5 Å². The van der Waals surface area contributed by atoms with Crippen molar-refractivity contribution in [3.05, 3.63) is 29.8 Å². The fraction of sp³-hybridized carbons (Fsp3) is 0.357. The molecule has 133 valence electrons. The lowest BCUT2D eigenvalue weighted by molar-refractivity contribution is -0.133. The van der Waals surface area contributed by atoms with Gasteiger partial charge in [-0.25, -0.2) is 0 Å². The fourth-order valence-corrected chi connectivity index (χ4v) is 2.29. The zero-order valence-electron chi connectivity index (χ0n) is 13.1. The highest BCUT2D eigenvalue weighted by molar-refractivity contribution is 6.13. The van der Waals surface area contributed by atoms with E-state index < -0.39 is 17.4 Å². The molecule has 0 fully saturated rings. The zero-order valence-corrected chi connectivity index (χ0v) is 14.7. The van der Waals surface area contributed by atoms with Gasteiger partial charge in [0.1, 0.15) is 0 Å². The Kier molecular flexibility index (Phi) is 8.35. The van der Waals surface area contributed by atoms with Crippen LogP contribution in [0.5, 0.6) is 0 Å². The van der Waals surface area contributed by atoms with Crippen LogP contribution in [-0.4, -0.2) is 43.5 Å². The molecule has 1 unspecified atom stereocenters. The van der Waals surface area contributed by atoms with Crippen molar-refractivity contribution in [2.75, 3.05) is 25.5 Å². The number of fused-ring (bicyclic) bond motifs is 1. The first kappa shape index (κ1) is 21.8. The number of nitrogens with zero attached hydrogens (tertiary/aromatic N) is 1. The number of hydrogen-bond acceptors (Lipinski definition) is 4. The number of anilines is 1. The average molecular weight is 376 g/mol. The molecule has 0 spiro atoms. The van der Waals surface area contributed by atoms with Gasteiger partial charge in [0.25, 0.3) is 11.8 Å². The summed E-state index contributed by atoms with van der Waals surface area (Å²) in [4.78, 5) is 28.0. The molecular weight excluding hydrogens is 355 g/mol. The van der Waals surface area contributed by atoms with E-state index in [9.17, 15) is 9.59 Å². The molecule has 1 aromatic carbocycles. The second kappa shape index (κ2) is 9.19. The van der Waals surface area contributed by atoms with Crippen molar-refractivity contribution < 1.29 is 9.59 Å². The van der Waals surface area contributed by atoms with Crippen molar-refractivity contribution in [3.63, 3.8) is 0 Å². The summed E-state index contributed by atoms with van der Waals surface area (Å²) in [5.74, 6) is -0.908. The number of primary amides is 1. The van der Waals surface area contributed by atoms with Crippen LogP contribution in [0.15, 0.2) is 23.2 Å². The Hall–Kier alpha value is -2.19. The van der Waals surface area contributed by atoms with E-state index in [1.165, 1.54) is 0 Å². The molecule has 1 atom stereocenters. The third-order valence-electron chi connectivity index (χ3n) is 3.52. The van der Waals surface area contributed by atoms with Gasteiger partial charge in [-0.05, 0) is 23.8 Å². The van der Waals surface area contributed by atoms with Gasteiger partial charge < -0.3 is 27.4 Å². The number of carbonyl (C=O) groups excluding carboxylic acids is 2. The topological polar surface area (TPSA) is 135 Å². The normalized spacial score (nSPS) is 18.3. The first-order chi connectivity index (χ1) is 10.5. The molecule has 7 N–H and O–H groups in total. The average Bonchev–Trinajstić information content (AvgIpc) is 2.91. The van der Waals surface area contributed by atoms with Crippen molar-refractivity contribution in [2.24, 2.45) is 16.5 Å². The van der Waals surface area contributed by atoms with Crippen molar-refractivity contribution in [3.8, 4) is 0 Å². The quantitative estimate of drug-likeness (QED) is 0.198. The van der Waals surface area contributed by atoms with E-state index in [1.807, 2.05) is 0 Å². The Balaban J connectivity index is 0.00000264. The summed E-state index contributed by atoms with van der Waals surface area (Å²) in [7, 11) is 1.56. The first-order valence-corrected chi connectivity index (χ1v) is 6.81. The largest absolute Gasteiger partial charge is 0.370 e. The zero-order chi connectivity index (χ0) is 16.2. The number of rotatable bonds is 5.